The highest BCUT2D eigenvalue weighted by molar-refractivity contribution is 9.10. The van der Waals surface area contributed by atoms with Crippen LogP contribution in [0.25, 0.3) is 5.65 Å². The molecule has 0 bridgehead atoms. The molecule has 0 unspecified atom stereocenters. The molecule has 2 heterocycles. The van der Waals surface area contributed by atoms with Gasteiger partial charge in [-0.05, 0) is 22.4 Å². The van der Waals surface area contributed by atoms with Crippen molar-refractivity contribution in [2.24, 2.45) is 5.73 Å². The Morgan fingerprint density at radius 3 is 3.05 bits per heavy atom. The van der Waals surface area contributed by atoms with Crippen molar-refractivity contribution in [2.75, 3.05) is 18.0 Å². The van der Waals surface area contributed by atoms with Crippen LogP contribution in [0.1, 0.15) is 19.8 Å². The van der Waals surface area contributed by atoms with Crippen LogP contribution >= 0.6 is 15.9 Å². The summed E-state index contributed by atoms with van der Waals surface area (Å²) in [5.74, 6) is 0.300. The Labute approximate surface area is 119 Å². The first-order chi connectivity index (χ1) is 9.11. The number of rotatable bonds is 6. The van der Waals surface area contributed by atoms with Crippen LogP contribution in [-0.2, 0) is 4.79 Å². The molecule has 0 aliphatic rings. The Balaban J connectivity index is 2.41. The predicted octanol–water partition coefficient (Wildman–Crippen LogP) is 1.58. The molecular formula is C12H16BrN5O. The van der Waals surface area contributed by atoms with Crippen molar-refractivity contribution in [2.45, 2.75) is 19.8 Å². The van der Waals surface area contributed by atoms with Crippen molar-refractivity contribution in [3.05, 3.63) is 23.2 Å². The highest BCUT2D eigenvalue weighted by atomic mass is 79.9. The molecule has 6 nitrogen and oxygen atoms in total. The zero-order valence-electron chi connectivity index (χ0n) is 10.7. The number of primary amides is 1. The van der Waals surface area contributed by atoms with Gasteiger partial charge in [-0.1, -0.05) is 13.3 Å². The van der Waals surface area contributed by atoms with E-state index in [1.54, 1.807) is 6.20 Å². The second-order valence-electron chi connectivity index (χ2n) is 4.29. The number of nitrogens with zero attached hydrogens (tertiary/aromatic N) is 4. The van der Waals surface area contributed by atoms with E-state index in [1.807, 2.05) is 21.7 Å². The summed E-state index contributed by atoms with van der Waals surface area (Å²) in [6.45, 7) is 2.97. The fourth-order valence-corrected chi connectivity index (χ4v) is 2.28. The Kier molecular flexibility index (Phi) is 4.36. The minimum absolute atomic E-state index is 0.145. The van der Waals surface area contributed by atoms with Gasteiger partial charge in [0.05, 0.1) is 6.54 Å². The zero-order chi connectivity index (χ0) is 13.8. The molecule has 0 aromatic carbocycles. The molecule has 0 radical (unpaired) electrons. The first-order valence-corrected chi connectivity index (χ1v) is 6.93. The molecule has 0 saturated heterocycles. The maximum atomic E-state index is 11.2. The summed E-state index contributed by atoms with van der Waals surface area (Å²) in [4.78, 5) is 21.8. The Bertz CT molecular complexity index is 583. The third-order valence-electron chi connectivity index (χ3n) is 2.75. The van der Waals surface area contributed by atoms with E-state index >= 15 is 0 Å². The van der Waals surface area contributed by atoms with Gasteiger partial charge in [-0.25, -0.2) is 9.97 Å². The number of amides is 1. The van der Waals surface area contributed by atoms with Gasteiger partial charge in [-0.15, -0.1) is 0 Å². The second-order valence-corrected chi connectivity index (χ2v) is 5.10. The summed E-state index contributed by atoms with van der Waals surface area (Å²) in [6, 6.07) is 0. The van der Waals surface area contributed by atoms with Gasteiger partial charge in [0, 0.05) is 25.1 Å². The van der Waals surface area contributed by atoms with Crippen LogP contribution in [-0.4, -0.2) is 33.4 Å². The quantitative estimate of drug-likeness (QED) is 0.874. The summed E-state index contributed by atoms with van der Waals surface area (Å²) in [5, 5.41) is 0. The highest BCUT2D eigenvalue weighted by Gasteiger charge is 2.16. The van der Waals surface area contributed by atoms with Gasteiger partial charge in [-0.3, -0.25) is 4.79 Å². The first-order valence-electron chi connectivity index (χ1n) is 6.14. The summed E-state index contributed by atoms with van der Waals surface area (Å²) in [6.07, 6.45) is 7.37. The lowest BCUT2D eigenvalue weighted by Crippen LogP contribution is -2.35. The molecule has 2 aromatic heterocycles. The lowest BCUT2D eigenvalue weighted by atomic mass is 10.3. The standard InChI is InChI=1S/C12H16BrN5O/c1-2-3-5-17(8-10(14)19)12-11-15-4-6-18(11)7-9(13)16-12/h4,6-7H,2-3,5,8H2,1H3,(H2,14,19). The molecule has 102 valence electrons. The van der Waals surface area contributed by atoms with Crippen molar-refractivity contribution >= 4 is 33.3 Å². The number of carbonyl (C=O) groups is 1. The number of hydrogen-bond acceptors (Lipinski definition) is 4. The van der Waals surface area contributed by atoms with Crippen LogP contribution in [0.4, 0.5) is 5.82 Å². The van der Waals surface area contributed by atoms with Gasteiger partial charge >= 0.3 is 0 Å². The lowest BCUT2D eigenvalue weighted by Gasteiger charge is -2.22. The van der Waals surface area contributed by atoms with Gasteiger partial charge in [0.1, 0.15) is 4.60 Å². The molecule has 2 N–H and O–H groups in total. The van der Waals surface area contributed by atoms with Crippen LogP contribution in [0, 0.1) is 0 Å². The highest BCUT2D eigenvalue weighted by Crippen LogP contribution is 2.21. The van der Waals surface area contributed by atoms with E-state index in [0.717, 1.165) is 25.0 Å². The monoisotopic (exact) mass is 325 g/mol. The van der Waals surface area contributed by atoms with E-state index in [9.17, 15) is 4.79 Å². The Hall–Kier alpha value is -1.63. The average Bonchev–Trinajstić information content (AvgIpc) is 2.80. The molecule has 0 aliphatic heterocycles. The minimum atomic E-state index is -0.373. The summed E-state index contributed by atoms with van der Waals surface area (Å²) in [7, 11) is 0. The fourth-order valence-electron chi connectivity index (χ4n) is 1.89. The van der Waals surface area contributed by atoms with Gasteiger partial charge in [0.15, 0.2) is 11.5 Å². The molecule has 0 atom stereocenters. The van der Waals surface area contributed by atoms with E-state index in [2.05, 4.69) is 32.8 Å². The zero-order valence-corrected chi connectivity index (χ0v) is 12.3. The van der Waals surface area contributed by atoms with E-state index in [4.69, 9.17) is 5.73 Å². The number of halogens is 1. The topological polar surface area (TPSA) is 76.5 Å². The van der Waals surface area contributed by atoms with Crippen LogP contribution in [0.15, 0.2) is 23.2 Å². The first kappa shape index (κ1) is 13.8. The number of fused-ring (bicyclic) bond motifs is 1. The molecule has 0 spiro atoms. The molecule has 2 aromatic rings. The summed E-state index contributed by atoms with van der Waals surface area (Å²) in [5.41, 5.74) is 6.04. The van der Waals surface area contributed by atoms with Crippen LogP contribution < -0.4 is 10.6 Å². The third-order valence-corrected chi connectivity index (χ3v) is 3.14. The molecule has 7 heteroatoms. The van der Waals surface area contributed by atoms with Crippen molar-refractivity contribution in [1.29, 1.82) is 0 Å². The number of imidazole rings is 1. The number of unbranched alkanes of at least 4 members (excludes halogenated alkanes) is 1. The van der Waals surface area contributed by atoms with Crippen molar-refractivity contribution in [1.82, 2.24) is 14.4 Å². The Morgan fingerprint density at radius 2 is 2.37 bits per heavy atom. The predicted molar refractivity (Wildman–Crippen MR) is 77.0 cm³/mol. The van der Waals surface area contributed by atoms with E-state index < -0.39 is 0 Å². The van der Waals surface area contributed by atoms with Gasteiger partial charge in [0.25, 0.3) is 0 Å². The van der Waals surface area contributed by atoms with E-state index in [-0.39, 0.29) is 12.5 Å². The molecule has 0 saturated carbocycles. The largest absolute Gasteiger partial charge is 0.368 e. The molecule has 0 aliphatic carbocycles. The van der Waals surface area contributed by atoms with Gasteiger partial charge in [0.2, 0.25) is 5.91 Å². The number of aromatic nitrogens is 3. The van der Waals surface area contributed by atoms with Crippen LogP contribution in [0.2, 0.25) is 0 Å². The van der Waals surface area contributed by atoms with Crippen LogP contribution in [0.5, 0.6) is 0 Å². The molecule has 2 rings (SSSR count). The Morgan fingerprint density at radius 1 is 1.58 bits per heavy atom. The number of nitrogens with two attached hydrogens (primary N) is 1. The smallest absolute Gasteiger partial charge is 0.237 e. The number of hydrogen-bond donors (Lipinski definition) is 1. The number of carbonyl (C=O) groups excluding carboxylic acids is 1. The molecule has 0 fully saturated rings. The maximum Gasteiger partial charge on any atom is 0.237 e. The SMILES string of the molecule is CCCCN(CC(N)=O)c1nc(Br)cn2ccnc12. The molecule has 19 heavy (non-hydrogen) atoms. The third kappa shape index (κ3) is 3.23. The summed E-state index contributed by atoms with van der Waals surface area (Å²) >= 11 is 3.37. The average molecular weight is 326 g/mol. The lowest BCUT2D eigenvalue weighted by molar-refractivity contribution is -0.116. The number of anilines is 1. The van der Waals surface area contributed by atoms with Crippen molar-refractivity contribution in [3.63, 3.8) is 0 Å². The second kappa shape index (κ2) is 6.01. The van der Waals surface area contributed by atoms with E-state index in [0.29, 0.717) is 10.4 Å². The van der Waals surface area contributed by atoms with E-state index in [1.165, 1.54) is 0 Å². The van der Waals surface area contributed by atoms with Gasteiger partial charge in [-0.2, -0.15) is 0 Å². The summed E-state index contributed by atoms with van der Waals surface area (Å²) < 4.78 is 2.56. The van der Waals surface area contributed by atoms with Gasteiger partial charge < -0.3 is 15.0 Å². The normalized spacial score (nSPS) is 10.8. The van der Waals surface area contributed by atoms with Crippen LogP contribution in [0.3, 0.4) is 0 Å². The molecular weight excluding hydrogens is 310 g/mol. The minimum Gasteiger partial charge on any atom is -0.368 e. The van der Waals surface area contributed by atoms with Crippen molar-refractivity contribution < 1.29 is 4.79 Å². The molecule has 1 amide bonds. The fraction of sp³-hybridized carbons (Fsp3) is 0.417. The van der Waals surface area contributed by atoms with Crippen molar-refractivity contribution in [3.8, 4) is 0 Å². The maximum absolute atomic E-state index is 11.2.